The van der Waals surface area contributed by atoms with E-state index in [9.17, 15) is 4.39 Å². The normalized spacial score (nSPS) is 10.1. The number of hydrogen-bond acceptors (Lipinski definition) is 3. The van der Waals surface area contributed by atoms with Gasteiger partial charge in [-0.3, -0.25) is 0 Å². The molecule has 2 nitrogen and oxygen atoms in total. The first kappa shape index (κ1) is 13.3. The van der Waals surface area contributed by atoms with Crippen molar-refractivity contribution in [1.29, 1.82) is 0 Å². The predicted octanol–water partition coefficient (Wildman–Crippen LogP) is 2.59. The Morgan fingerprint density at radius 3 is 2.88 bits per heavy atom. The third kappa shape index (κ3) is 3.98. The lowest BCUT2D eigenvalue weighted by Crippen LogP contribution is -2.10. The van der Waals surface area contributed by atoms with Gasteiger partial charge in [-0.1, -0.05) is 12.2 Å². The van der Waals surface area contributed by atoms with Crippen LogP contribution < -0.4 is 10.5 Å². The molecular weight excluding hydrogens is 245 g/mol. The van der Waals surface area contributed by atoms with E-state index in [1.165, 1.54) is 6.07 Å². The van der Waals surface area contributed by atoms with Gasteiger partial charge < -0.3 is 10.5 Å². The zero-order valence-electron chi connectivity index (χ0n) is 9.03. The van der Waals surface area contributed by atoms with E-state index in [0.29, 0.717) is 12.2 Å². The highest BCUT2D eigenvalue weighted by molar-refractivity contribution is 7.98. The average molecular weight is 259 g/mol. The fourth-order valence-corrected chi connectivity index (χ4v) is 1.69. The number of rotatable bonds is 6. The Labute approximate surface area is 104 Å². The lowest BCUT2D eigenvalue weighted by atomic mass is 10.2. The smallest absolute Gasteiger partial charge is 0.165 e. The lowest BCUT2D eigenvalue weighted by molar-refractivity contribution is 0.302. The molecule has 1 aromatic rings. The topological polar surface area (TPSA) is 35.2 Å². The third-order valence-electron chi connectivity index (χ3n) is 1.97. The van der Waals surface area contributed by atoms with Crippen LogP contribution in [0.5, 0.6) is 5.75 Å². The van der Waals surface area contributed by atoms with Gasteiger partial charge in [0.1, 0.15) is 4.99 Å². The number of nitrogens with two attached hydrogens (primary N) is 1. The molecule has 0 saturated carbocycles. The summed E-state index contributed by atoms with van der Waals surface area (Å²) in [5.41, 5.74) is 5.91. The van der Waals surface area contributed by atoms with Gasteiger partial charge in [-0.15, -0.1) is 0 Å². The lowest BCUT2D eigenvalue weighted by Gasteiger charge is -2.07. The van der Waals surface area contributed by atoms with E-state index >= 15 is 0 Å². The predicted molar refractivity (Wildman–Crippen MR) is 70.8 cm³/mol. The van der Waals surface area contributed by atoms with Crippen LogP contribution in [-0.4, -0.2) is 23.6 Å². The Kier molecular flexibility index (Phi) is 5.55. The van der Waals surface area contributed by atoms with Crippen LogP contribution in [0.4, 0.5) is 4.39 Å². The molecule has 1 aromatic carbocycles. The Hall–Kier alpha value is -0.810. The Morgan fingerprint density at radius 2 is 2.31 bits per heavy atom. The van der Waals surface area contributed by atoms with Crippen LogP contribution in [0.2, 0.25) is 0 Å². The Bertz CT molecular complexity index is 371. The fraction of sp³-hybridized carbons (Fsp3) is 0.364. The van der Waals surface area contributed by atoms with Crippen molar-refractivity contribution in [3.63, 3.8) is 0 Å². The van der Waals surface area contributed by atoms with E-state index in [4.69, 9.17) is 22.7 Å². The van der Waals surface area contributed by atoms with Gasteiger partial charge in [-0.2, -0.15) is 11.8 Å². The first-order valence-corrected chi connectivity index (χ1v) is 6.66. The maximum absolute atomic E-state index is 13.5. The van der Waals surface area contributed by atoms with Gasteiger partial charge in [-0.05, 0) is 36.6 Å². The molecule has 0 amide bonds. The highest BCUT2D eigenvalue weighted by Gasteiger charge is 2.05. The summed E-state index contributed by atoms with van der Waals surface area (Å²) < 4.78 is 18.8. The number of thioether (sulfide) groups is 1. The number of halogens is 1. The van der Waals surface area contributed by atoms with Crippen molar-refractivity contribution in [1.82, 2.24) is 0 Å². The molecule has 0 heterocycles. The first-order valence-electron chi connectivity index (χ1n) is 4.86. The van der Waals surface area contributed by atoms with Crippen molar-refractivity contribution >= 4 is 29.0 Å². The van der Waals surface area contributed by atoms with E-state index < -0.39 is 5.82 Å². The van der Waals surface area contributed by atoms with Crippen LogP contribution in [0, 0.1) is 5.82 Å². The quantitative estimate of drug-likeness (QED) is 0.629. The third-order valence-corrected chi connectivity index (χ3v) is 2.90. The summed E-state index contributed by atoms with van der Waals surface area (Å²) >= 11 is 6.49. The van der Waals surface area contributed by atoms with E-state index in [-0.39, 0.29) is 10.7 Å². The number of hydrogen-bond donors (Lipinski definition) is 1. The zero-order chi connectivity index (χ0) is 12.0. The van der Waals surface area contributed by atoms with Crippen molar-refractivity contribution < 1.29 is 9.13 Å². The van der Waals surface area contributed by atoms with Gasteiger partial charge >= 0.3 is 0 Å². The molecule has 0 atom stereocenters. The van der Waals surface area contributed by atoms with Gasteiger partial charge in [0.2, 0.25) is 0 Å². The van der Waals surface area contributed by atoms with Crippen molar-refractivity contribution in [2.45, 2.75) is 6.42 Å². The SMILES string of the molecule is CSCCCOc1ccc(C(N)=S)cc1F. The number of ether oxygens (including phenoxy) is 1. The summed E-state index contributed by atoms with van der Waals surface area (Å²) in [6, 6.07) is 4.52. The average Bonchev–Trinajstić information content (AvgIpc) is 2.26. The molecule has 1 rings (SSSR count). The molecule has 16 heavy (non-hydrogen) atoms. The van der Waals surface area contributed by atoms with E-state index in [1.54, 1.807) is 23.9 Å². The van der Waals surface area contributed by atoms with Gasteiger partial charge in [0.25, 0.3) is 0 Å². The van der Waals surface area contributed by atoms with E-state index in [2.05, 4.69) is 0 Å². The van der Waals surface area contributed by atoms with Crippen LogP contribution in [0.25, 0.3) is 0 Å². The Balaban J connectivity index is 2.57. The largest absolute Gasteiger partial charge is 0.490 e. The summed E-state index contributed by atoms with van der Waals surface area (Å²) in [5.74, 6) is 0.836. The van der Waals surface area contributed by atoms with E-state index in [1.807, 2.05) is 6.26 Å². The first-order chi connectivity index (χ1) is 7.65. The molecule has 0 spiro atoms. The number of benzene rings is 1. The van der Waals surface area contributed by atoms with Gasteiger partial charge in [0, 0.05) is 5.56 Å². The summed E-state index contributed by atoms with van der Waals surface area (Å²) in [6.45, 7) is 0.518. The zero-order valence-corrected chi connectivity index (χ0v) is 10.7. The molecule has 0 saturated heterocycles. The molecule has 0 unspecified atom stereocenters. The standard InChI is InChI=1S/C11H14FNOS2/c1-16-6-2-5-14-10-4-3-8(11(13)15)7-9(10)12/h3-4,7H,2,5-6H2,1H3,(H2,13,15). The molecule has 0 aliphatic rings. The van der Waals surface area contributed by atoms with Crippen LogP contribution in [-0.2, 0) is 0 Å². The summed E-state index contributed by atoms with van der Waals surface area (Å²) in [5, 5.41) is 0. The minimum Gasteiger partial charge on any atom is -0.490 e. The molecule has 2 N–H and O–H groups in total. The van der Waals surface area contributed by atoms with E-state index in [0.717, 1.165) is 12.2 Å². The van der Waals surface area contributed by atoms with Crippen molar-refractivity contribution in [2.24, 2.45) is 5.73 Å². The highest BCUT2D eigenvalue weighted by Crippen LogP contribution is 2.18. The molecule has 0 aliphatic heterocycles. The monoisotopic (exact) mass is 259 g/mol. The Morgan fingerprint density at radius 1 is 1.56 bits per heavy atom. The van der Waals surface area contributed by atoms with Crippen molar-refractivity contribution in [3.8, 4) is 5.75 Å². The van der Waals surface area contributed by atoms with Gasteiger partial charge in [0.05, 0.1) is 6.61 Å². The summed E-state index contributed by atoms with van der Waals surface area (Å²) in [6.07, 6.45) is 2.93. The van der Waals surface area contributed by atoms with Gasteiger partial charge in [-0.25, -0.2) is 4.39 Å². The summed E-state index contributed by atoms with van der Waals surface area (Å²) in [7, 11) is 0. The fourth-order valence-electron chi connectivity index (χ4n) is 1.16. The maximum Gasteiger partial charge on any atom is 0.165 e. The van der Waals surface area contributed by atoms with Crippen LogP contribution in [0.15, 0.2) is 18.2 Å². The maximum atomic E-state index is 13.5. The molecule has 0 aliphatic carbocycles. The minimum absolute atomic E-state index is 0.188. The molecule has 0 aromatic heterocycles. The molecule has 0 radical (unpaired) electrons. The van der Waals surface area contributed by atoms with Crippen molar-refractivity contribution in [3.05, 3.63) is 29.6 Å². The van der Waals surface area contributed by atoms with Crippen molar-refractivity contribution in [2.75, 3.05) is 18.6 Å². The molecule has 0 fully saturated rings. The summed E-state index contributed by atoms with van der Waals surface area (Å²) in [4.78, 5) is 0.188. The second-order valence-electron chi connectivity index (χ2n) is 3.20. The molecular formula is C11H14FNOS2. The minimum atomic E-state index is -0.422. The second kappa shape index (κ2) is 6.70. The second-order valence-corrected chi connectivity index (χ2v) is 4.63. The van der Waals surface area contributed by atoms with Crippen LogP contribution in [0.3, 0.4) is 0 Å². The number of thiocarbonyl (C=S) groups is 1. The highest BCUT2D eigenvalue weighted by atomic mass is 32.2. The van der Waals surface area contributed by atoms with Crippen LogP contribution >= 0.6 is 24.0 Å². The van der Waals surface area contributed by atoms with Crippen LogP contribution in [0.1, 0.15) is 12.0 Å². The molecule has 88 valence electrons. The van der Waals surface area contributed by atoms with Gasteiger partial charge in [0.15, 0.2) is 11.6 Å². The molecule has 0 bridgehead atoms. The molecule has 5 heteroatoms.